The highest BCUT2D eigenvalue weighted by Gasteiger charge is 2.22. The third-order valence-electron chi connectivity index (χ3n) is 3.29. The molecule has 1 unspecified atom stereocenters. The lowest BCUT2D eigenvalue weighted by Gasteiger charge is -2.07. The van der Waals surface area contributed by atoms with Crippen LogP contribution in [0, 0.1) is 0 Å². The van der Waals surface area contributed by atoms with Crippen LogP contribution in [-0.2, 0) is 19.4 Å². The van der Waals surface area contributed by atoms with Crippen LogP contribution in [0.5, 0.6) is 0 Å². The molecule has 2 heterocycles. The van der Waals surface area contributed by atoms with Gasteiger partial charge in [-0.05, 0) is 24.8 Å². The van der Waals surface area contributed by atoms with Gasteiger partial charge in [-0.2, -0.15) is 12.6 Å². The van der Waals surface area contributed by atoms with Gasteiger partial charge in [0.25, 0.3) is 5.56 Å². The molecule has 96 valence electrons. The Balaban J connectivity index is 2.33. The zero-order valence-corrected chi connectivity index (χ0v) is 11.7. The molecule has 0 saturated carbocycles. The number of hydrogen-bond donors (Lipinski definition) is 2. The zero-order chi connectivity index (χ0) is 12.9. The van der Waals surface area contributed by atoms with E-state index in [1.807, 2.05) is 6.92 Å². The number of nitrogens with zero attached hydrogens (tertiary/aromatic N) is 1. The first-order valence-electron chi connectivity index (χ1n) is 6.03. The van der Waals surface area contributed by atoms with Crippen molar-refractivity contribution in [1.82, 2.24) is 9.55 Å². The van der Waals surface area contributed by atoms with Gasteiger partial charge in [-0.3, -0.25) is 14.3 Å². The molecule has 0 fully saturated rings. The molecule has 3 rings (SSSR count). The minimum Gasteiger partial charge on any atom is -0.298 e. The number of nitrogens with one attached hydrogen (secondary N) is 1. The molecule has 0 amide bonds. The van der Waals surface area contributed by atoms with Gasteiger partial charge in [0.05, 0.1) is 5.39 Å². The molecule has 1 aliphatic carbocycles. The van der Waals surface area contributed by atoms with Crippen LogP contribution < -0.4 is 11.2 Å². The molecule has 0 radical (unpaired) electrons. The molecule has 6 heteroatoms. The van der Waals surface area contributed by atoms with E-state index in [0.29, 0.717) is 6.54 Å². The number of rotatable bonds is 2. The number of aromatic nitrogens is 2. The Bertz CT molecular complexity index is 724. The number of aryl methyl sites for hydroxylation is 2. The van der Waals surface area contributed by atoms with Gasteiger partial charge in [-0.1, -0.05) is 6.92 Å². The van der Waals surface area contributed by atoms with Crippen LogP contribution in [0.2, 0.25) is 0 Å². The fourth-order valence-electron chi connectivity index (χ4n) is 2.54. The number of thiophene rings is 1. The molecule has 1 aliphatic rings. The Kier molecular flexibility index (Phi) is 2.86. The maximum atomic E-state index is 12.4. The van der Waals surface area contributed by atoms with E-state index in [-0.39, 0.29) is 16.5 Å². The fourth-order valence-corrected chi connectivity index (χ4v) is 3.97. The van der Waals surface area contributed by atoms with E-state index in [1.165, 1.54) is 9.44 Å². The van der Waals surface area contributed by atoms with Crippen molar-refractivity contribution in [3.63, 3.8) is 0 Å². The second-order valence-corrected chi connectivity index (χ2v) is 6.74. The molecule has 18 heavy (non-hydrogen) atoms. The van der Waals surface area contributed by atoms with Crippen molar-refractivity contribution in [3.8, 4) is 0 Å². The summed E-state index contributed by atoms with van der Waals surface area (Å²) in [7, 11) is 0. The number of fused-ring (bicyclic) bond motifs is 3. The molecule has 2 aromatic rings. The van der Waals surface area contributed by atoms with E-state index < -0.39 is 0 Å². The third-order valence-corrected chi connectivity index (χ3v) is 4.66. The maximum Gasteiger partial charge on any atom is 0.329 e. The molecule has 0 bridgehead atoms. The van der Waals surface area contributed by atoms with Gasteiger partial charge in [-0.15, -0.1) is 11.3 Å². The van der Waals surface area contributed by atoms with Crippen molar-refractivity contribution in [2.24, 2.45) is 0 Å². The Morgan fingerprint density at radius 1 is 1.44 bits per heavy atom. The Morgan fingerprint density at radius 3 is 2.94 bits per heavy atom. The number of H-pyrrole nitrogens is 1. The maximum absolute atomic E-state index is 12.4. The molecule has 1 N–H and O–H groups in total. The van der Waals surface area contributed by atoms with Gasteiger partial charge in [0.15, 0.2) is 0 Å². The van der Waals surface area contributed by atoms with E-state index in [2.05, 4.69) is 17.6 Å². The standard InChI is InChI=1S/C12H14N2O2S2/c1-6(17)5-14-11(15)9-7-3-2-4-8(7)18-10(9)13-12(14)16/h6,17H,2-5H2,1H3,(H,13,16). The first kappa shape index (κ1) is 12.0. The van der Waals surface area contributed by atoms with Crippen molar-refractivity contribution in [3.05, 3.63) is 31.3 Å². The van der Waals surface area contributed by atoms with Crippen molar-refractivity contribution in [1.29, 1.82) is 0 Å². The zero-order valence-electron chi connectivity index (χ0n) is 10.0. The van der Waals surface area contributed by atoms with Crippen LogP contribution >= 0.6 is 24.0 Å². The molecular formula is C12H14N2O2S2. The Labute approximate surface area is 113 Å². The van der Waals surface area contributed by atoms with Gasteiger partial charge in [-0.25, -0.2) is 4.79 Å². The molecule has 0 aliphatic heterocycles. The summed E-state index contributed by atoms with van der Waals surface area (Å²) in [5.41, 5.74) is 0.666. The summed E-state index contributed by atoms with van der Waals surface area (Å²) in [5, 5.41) is 0.703. The van der Waals surface area contributed by atoms with E-state index in [0.717, 1.165) is 35.0 Å². The van der Waals surface area contributed by atoms with Crippen molar-refractivity contribution in [2.75, 3.05) is 0 Å². The van der Waals surface area contributed by atoms with Gasteiger partial charge < -0.3 is 0 Å². The average Bonchev–Trinajstić information content (AvgIpc) is 2.83. The molecular weight excluding hydrogens is 268 g/mol. The minimum absolute atomic E-state index is 0.0204. The SMILES string of the molecule is CC(S)Cn1c(=O)[nH]c2sc3c(c2c1=O)CCC3. The Hall–Kier alpha value is -1.01. The summed E-state index contributed by atoms with van der Waals surface area (Å²) < 4.78 is 1.27. The van der Waals surface area contributed by atoms with Gasteiger partial charge >= 0.3 is 5.69 Å². The van der Waals surface area contributed by atoms with E-state index in [4.69, 9.17) is 0 Å². The second-order valence-electron chi connectivity index (χ2n) is 4.76. The molecule has 0 spiro atoms. The minimum atomic E-state index is -0.326. The lowest BCUT2D eigenvalue weighted by Crippen LogP contribution is -2.36. The fraction of sp³-hybridized carbons (Fsp3) is 0.500. The average molecular weight is 282 g/mol. The summed E-state index contributed by atoms with van der Waals surface area (Å²) in [4.78, 5) is 29.1. The van der Waals surface area contributed by atoms with Crippen molar-refractivity contribution < 1.29 is 0 Å². The van der Waals surface area contributed by atoms with Crippen LogP contribution in [0.3, 0.4) is 0 Å². The Morgan fingerprint density at radius 2 is 2.22 bits per heavy atom. The molecule has 0 aromatic carbocycles. The molecule has 2 aromatic heterocycles. The second kappa shape index (κ2) is 4.28. The summed E-state index contributed by atoms with van der Waals surface area (Å²) in [6, 6.07) is 0. The van der Waals surface area contributed by atoms with Crippen molar-refractivity contribution >= 4 is 34.2 Å². The van der Waals surface area contributed by atoms with Crippen LogP contribution in [0.4, 0.5) is 0 Å². The molecule has 0 saturated heterocycles. The van der Waals surface area contributed by atoms with Crippen molar-refractivity contribution in [2.45, 2.75) is 38.0 Å². The monoisotopic (exact) mass is 282 g/mol. The summed E-state index contributed by atoms with van der Waals surface area (Å²) in [5.74, 6) is 0. The van der Waals surface area contributed by atoms with Crippen LogP contribution in [0.1, 0.15) is 23.8 Å². The lowest BCUT2D eigenvalue weighted by molar-refractivity contribution is 0.636. The first-order chi connectivity index (χ1) is 8.58. The normalized spacial score (nSPS) is 16.1. The highest BCUT2D eigenvalue weighted by molar-refractivity contribution is 7.80. The highest BCUT2D eigenvalue weighted by Crippen LogP contribution is 2.33. The van der Waals surface area contributed by atoms with Gasteiger partial charge in [0.2, 0.25) is 0 Å². The van der Waals surface area contributed by atoms with Gasteiger partial charge in [0, 0.05) is 16.7 Å². The van der Waals surface area contributed by atoms with E-state index >= 15 is 0 Å². The number of thiol groups is 1. The lowest BCUT2D eigenvalue weighted by atomic mass is 10.2. The summed E-state index contributed by atoms with van der Waals surface area (Å²) in [6.45, 7) is 2.22. The predicted molar refractivity (Wildman–Crippen MR) is 77.2 cm³/mol. The molecule has 4 nitrogen and oxygen atoms in total. The first-order valence-corrected chi connectivity index (χ1v) is 7.36. The smallest absolute Gasteiger partial charge is 0.298 e. The van der Waals surface area contributed by atoms with E-state index in [9.17, 15) is 9.59 Å². The highest BCUT2D eigenvalue weighted by atomic mass is 32.1. The van der Waals surface area contributed by atoms with E-state index in [1.54, 1.807) is 11.3 Å². The molecule has 1 atom stereocenters. The van der Waals surface area contributed by atoms with Crippen LogP contribution in [-0.4, -0.2) is 14.8 Å². The van der Waals surface area contributed by atoms with Crippen LogP contribution in [0.25, 0.3) is 10.2 Å². The third kappa shape index (κ3) is 1.75. The summed E-state index contributed by atoms with van der Waals surface area (Å²) >= 11 is 5.81. The topological polar surface area (TPSA) is 54.9 Å². The number of aromatic amines is 1. The predicted octanol–water partition coefficient (Wildman–Crippen LogP) is 1.56. The largest absolute Gasteiger partial charge is 0.329 e. The summed E-state index contributed by atoms with van der Waals surface area (Å²) in [6.07, 6.45) is 3.09. The number of hydrogen-bond acceptors (Lipinski definition) is 4. The van der Waals surface area contributed by atoms with Crippen LogP contribution in [0.15, 0.2) is 9.59 Å². The quantitative estimate of drug-likeness (QED) is 0.821. The van der Waals surface area contributed by atoms with Gasteiger partial charge in [0.1, 0.15) is 4.83 Å².